The van der Waals surface area contributed by atoms with Crippen LogP contribution < -0.4 is 0 Å². The predicted molar refractivity (Wildman–Crippen MR) is 95.5 cm³/mol. The van der Waals surface area contributed by atoms with Crippen LogP contribution in [-0.2, 0) is 28.3 Å². The molecule has 2 aromatic rings. The molecule has 0 spiro atoms. The van der Waals surface area contributed by atoms with Crippen LogP contribution >= 0.6 is 0 Å². The number of hydrogen-bond donors (Lipinski definition) is 0. The Bertz CT molecular complexity index is 830. The Morgan fingerprint density at radius 1 is 1.04 bits per heavy atom. The van der Waals surface area contributed by atoms with Gasteiger partial charge in [-0.3, -0.25) is 4.79 Å². The number of hydrogen-bond acceptors (Lipinski definition) is 3. The normalized spacial score (nSPS) is 16.6. The average molecular weight is 361 g/mol. The molecule has 3 rings (SSSR count). The van der Waals surface area contributed by atoms with Crippen molar-refractivity contribution < 1.29 is 13.2 Å². The van der Waals surface area contributed by atoms with E-state index in [9.17, 15) is 13.2 Å². The maximum Gasteiger partial charge on any atom is 0.243 e. The molecule has 0 saturated carbocycles. The minimum absolute atomic E-state index is 0.0464. The van der Waals surface area contributed by atoms with E-state index in [0.717, 1.165) is 5.56 Å². The molecule has 6 nitrogen and oxygen atoms in total. The minimum atomic E-state index is -3.50. The van der Waals surface area contributed by atoms with Gasteiger partial charge < -0.3 is 9.47 Å². The van der Waals surface area contributed by atoms with Crippen molar-refractivity contribution in [2.45, 2.75) is 17.7 Å². The molecular formula is C18H23N3O3S. The van der Waals surface area contributed by atoms with Crippen molar-refractivity contribution in [3.05, 3.63) is 54.4 Å². The van der Waals surface area contributed by atoms with Crippen LogP contribution in [0, 0.1) is 0 Å². The summed E-state index contributed by atoms with van der Waals surface area (Å²) < 4.78 is 28.9. The second-order valence-electron chi connectivity index (χ2n) is 6.31. The lowest BCUT2D eigenvalue weighted by Gasteiger charge is -2.22. The van der Waals surface area contributed by atoms with Gasteiger partial charge in [-0.2, -0.15) is 4.31 Å². The first kappa shape index (κ1) is 17.7. The fourth-order valence-corrected chi connectivity index (χ4v) is 4.57. The van der Waals surface area contributed by atoms with Crippen molar-refractivity contribution in [2.75, 3.05) is 26.2 Å². The quantitative estimate of drug-likeness (QED) is 0.829. The standard InChI is InChI=1S/C18H23N3O3S/c1-19-11-8-16(15-19)14-18(22)20-9-5-10-21(13-12-20)25(23,24)17-6-3-2-4-7-17/h2-4,6-8,11,15H,5,9-10,12-14H2,1H3. The summed E-state index contributed by atoms with van der Waals surface area (Å²) in [5.74, 6) is 0.0464. The lowest BCUT2D eigenvalue weighted by Crippen LogP contribution is -2.37. The van der Waals surface area contributed by atoms with Crippen LogP contribution in [0.4, 0.5) is 0 Å². The Labute approximate surface area is 148 Å². The van der Waals surface area contributed by atoms with Crippen molar-refractivity contribution in [1.29, 1.82) is 0 Å². The topological polar surface area (TPSA) is 62.6 Å². The molecule has 0 bridgehead atoms. The van der Waals surface area contributed by atoms with Gasteiger partial charge >= 0.3 is 0 Å². The van der Waals surface area contributed by atoms with E-state index in [1.807, 2.05) is 30.1 Å². The molecule has 0 N–H and O–H groups in total. The number of rotatable bonds is 4. The molecule has 134 valence electrons. The molecule has 0 aliphatic carbocycles. The van der Waals surface area contributed by atoms with Crippen LogP contribution in [0.1, 0.15) is 12.0 Å². The summed E-state index contributed by atoms with van der Waals surface area (Å²) in [7, 11) is -1.58. The van der Waals surface area contributed by atoms with Crippen molar-refractivity contribution in [1.82, 2.24) is 13.8 Å². The summed E-state index contributed by atoms with van der Waals surface area (Å²) in [5, 5.41) is 0. The van der Waals surface area contributed by atoms with E-state index in [0.29, 0.717) is 43.9 Å². The van der Waals surface area contributed by atoms with Crippen LogP contribution in [0.2, 0.25) is 0 Å². The molecule has 0 atom stereocenters. The first-order valence-corrected chi connectivity index (χ1v) is 9.84. The smallest absolute Gasteiger partial charge is 0.243 e. The van der Waals surface area contributed by atoms with E-state index in [1.54, 1.807) is 35.2 Å². The van der Waals surface area contributed by atoms with Crippen LogP contribution in [0.5, 0.6) is 0 Å². The van der Waals surface area contributed by atoms with E-state index < -0.39 is 10.0 Å². The highest BCUT2D eigenvalue weighted by molar-refractivity contribution is 7.89. The third-order valence-electron chi connectivity index (χ3n) is 4.44. The molecule has 7 heteroatoms. The Morgan fingerprint density at radius 2 is 1.80 bits per heavy atom. The van der Waals surface area contributed by atoms with E-state index in [1.165, 1.54) is 4.31 Å². The number of benzene rings is 1. The molecule has 0 unspecified atom stereocenters. The number of aromatic nitrogens is 1. The highest BCUT2D eigenvalue weighted by Gasteiger charge is 2.28. The monoisotopic (exact) mass is 361 g/mol. The SMILES string of the molecule is Cn1ccc(CC(=O)N2CCCN(S(=O)(=O)c3ccccc3)CC2)c1. The molecule has 0 radical (unpaired) electrons. The highest BCUT2D eigenvalue weighted by Crippen LogP contribution is 2.17. The van der Waals surface area contributed by atoms with E-state index >= 15 is 0 Å². The van der Waals surface area contributed by atoms with Gasteiger partial charge in [0, 0.05) is 45.6 Å². The summed E-state index contributed by atoms with van der Waals surface area (Å²) in [4.78, 5) is 14.6. The first-order valence-electron chi connectivity index (χ1n) is 8.40. The van der Waals surface area contributed by atoms with Gasteiger partial charge in [0.15, 0.2) is 0 Å². The van der Waals surface area contributed by atoms with E-state index in [-0.39, 0.29) is 5.91 Å². The lowest BCUT2D eigenvalue weighted by atomic mass is 10.2. The summed E-state index contributed by atoms with van der Waals surface area (Å²) in [5.41, 5.74) is 0.977. The van der Waals surface area contributed by atoms with Crippen molar-refractivity contribution in [2.24, 2.45) is 7.05 Å². The number of carbonyl (C=O) groups is 1. The number of sulfonamides is 1. The van der Waals surface area contributed by atoms with Crippen LogP contribution in [-0.4, -0.2) is 54.3 Å². The van der Waals surface area contributed by atoms with Crippen molar-refractivity contribution in [3.8, 4) is 0 Å². The van der Waals surface area contributed by atoms with Gasteiger partial charge in [-0.15, -0.1) is 0 Å². The van der Waals surface area contributed by atoms with Crippen molar-refractivity contribution >= 4 is 15.9 Å². The van der Waals surface area contributed by atoms with Gasteiger partial charge in [0.2, 0.25) is 15.9 Å². The van der Waals surface area contributed by atoms with Gasteiger partial charge in [-0.05, 0) is 30.2 Å². The molecule has 1 amide bonds. The zero-order valence-corrected chi connectivity index (χ0v) is 15.2. The highest BCUT2D eigenvalue weighted by atomic mass is 32.2. The number of carbonyl (C=O) groups excluding carboxylic acids is 1. The first-order chi connectivity index (χ1) is 12.0. The predicted octanol–water partition coefficient (Wildman–Crippen LogP) is 1.49. The lowest BCUT2D eigenvalue weighted by molar-refractivity contribution is -0.130. The van der Waals surface area contributed by atoms with Gasteiger partial charge in [0.25, 0.3) is 0 Å². The molecule has 25 heavy (non-hydrogen) atoms. The van der Waals surface area contributed by atoms with E-state index in [2.05, 4.69) is 0 Å². The summed E-state index contributed by atoms with van der Waals surface area (Å²) in [6.45, 7) is 1.79. The Balaban J connectivity index is 1.65. The van der Waals surface area contributed by atoms with Crippen LogP contribution in [0.15, 0.2) is 53.7 Å². The molecular weight excluding hydrogens is 338 g/mol. The van der Waals surface area contributed by atoms with Gasteiger partial charge in [-0.25, -0.2) is 8.42 Å². The molecule has 1 aromatic carbocycles. The fourth-order valence-electron chi connectivity index (χ4n) is 3.08. The molecule has 1 saturated heterocycles. The molecule has 1 aliphatic rings. The van der Waals surface area contributed by atoms with Gasteiger partial charge in [0.1, 0.15) is 0 Å². The Kier molecular flexibility index (Phi) is 5.24. The van der Waals surface area contributed by atoms with Crippen LogP contribution in [0.25, 0.3) is 0 Å². The largest absolute Gasteiger partial charge is 0.357 e. The summed E-state index contributed by atoms with van der Waals surface area (Å²) in [6.07, 6.45) is 4.85. The third-order valence-corrected chi connectivity index (χ3v) is 6.35. The second kappa shape index (κ2) is 7.41. The number of aryl methyl sites for hydroxylation is 1. The Hall–Kier alpha value is -2.12. The summed E-state index contributed by atoms with van der Waals surface area (Å²) >= 11 is 0. The number of amides is 1. The zero-order valence-electron chi connectivity index (χ0n) is 14.3. The zero-order chi connectivity index (χ0) is 17.9. The molecule has 2 heterocycles. The molecule has 1 aromatic heterocycles. The maximum absolute atomic E-state index is 12.7. The van der Waals surface area contributed by atoms with Gasteiger partial charge in [-0.1, -0.05) is 18.2 Å². The molecule has 1 fully saturated rings. The maximum atomic E-state index is 12.7. The third kappa shape index (κ3) is 4.11. The number of nitrogens with zero attached hydrogens (tertiary/aromatic N) is 3. The van der Waals surface area contributed by atoms with Crippen molar-refractivity contribution in [3.63, 3.8) is 0 Å². The minimum Gasteiger partial charge on any atom is -0.357 e. The van der Waals surface area contributed by atoms with Gasteiger partial charge in [0.05, 0.1) is 11.3 Å². The summed E-state index contributed by atoms with van der Waals surface area (Å²) in [6, 6.07) is 10.4. The molecule has 1 aliphatic heterocycles. The van der Waals surface area contributed by atoms with E-state index in [4.69, 9.17) is 0 Å². The second-order valence-corrected chi connectivity index (χ2v) is 8.25. The van der Waals surface area contributed by atoms with Crippen LogP contribution in [0.3, 0.4) is 0 Å². The average Bonchev–Trinajstić information content (AvgIpc) is 2.86. The fraction of sp³-hybridized carbons (Fsp3) is 0.389. The Morgan fingerprint density at radius 3 is 2.48 bits per heavy atom.